The minimum atomic E-state index is -0.933. The van der Waals surface area contributed by atoms with Crippen LogP contribution in [0, 0.1) is 0 Å². The van der Waals surface area contributed by atoms with Gasteiger partial charge in [-0.25, -0.2) is 9.59 Å². The zero-order valence-electron chi connectivity index (χ0n) is 21.1. The van der Waals surface area contributed by atoms with Gasteiger partial charge >= 0.3 is 12.1 Å². The number of methoxy groups -OCH3 is 1. The zero-order chi connectivity index (χ0) is 27.2. The molecule has 0 spiro atoms. The Hall–Kier alpha value is -2.62. The molecular formula is C26H30Cl2N2O6S. The first-order valence-electron chi connectivity index (χ1n) is 11.6. The van der Waals surface area contributed by atoms with Crippen molar-refractivity contribution < 1.29 is 28.6 Å². The predicted molar refractivity (Wildman–Crippen MR) is 144 cm³/mol. The van der Waals surface area contributed by atoms with E-state index in [2.05, 4.69) is 5.32 Å². The number of rotatable bonds is 8. The van der Waals surface area contributed by atoms with Gasteiger partial charge in [0.15, 0.2) is 0 Å². The van der Waals surface area contributed by atoms with Crippen LogP contribution in [0.3, 0.4) is 0 Å². The lowest BCUT2D eigenvalue weighted by molar-refractivity contribution is -0.145. The Bertz CT molecular complexity index is 1100. The number of ether oxygens (including phenoxy) is 3. The number of hydrogen-bond donors (Lipinski definition) is 1. The molecule has 1 aliphatic rings. The molecule has 0 saturated carbocycles. The van der Waals surface area contributed by atoms with Gasteiger partial charge in [-0.1, -0.05) is 41.4 Å². The summed E-state index contributed by atoms with van der Waals surface area (Å²) in [6.07, 6.45) is -0.373. The highest BCUT2D eigenvalue weighted by Gasteiger charge is 2.38. The Morgan fingerprint density at radius 3 is 2.35 bits per heavy atom. The number of benzene rings is 2. The average Bonchev–Trinajstić information content (AvgIpc) is 3.33. The number of carbonyl (C=O) groups is 3. The maximum absolute atomic E-state index is 13.1. The van der Waals surface area contributed by atoms with E-state index >= 15 is 0 Å². The lowest BCUT2D eigenvalue weighted by Crippen LogP contribution is -2.53. The lowest BCUT2D eigenvalue weighted by Gasteiger charge is -2.28. The van der Waals surface area contributed by atoms with Gasteiger partial charge in [-0.2, -0.15) is 0 Å². The fourth-order valence-corrected chi connectivity index (χ4v) is 5.20. The Morgan fingerprint density at radius 1 is 1.11 bits per heavy atom. The molecule has 2 atom stereocenters. The number of carbonyl (C=O) groups excluding carboxylic acids is 3. The molecule has 3 rings (SSSR count). The quantitative estimate of drug-likeness (QED) is 0.443. The van der Waals surface area contributed by atoms with E-state index < -0.39 is 35.7 Å². The summed E-state index contributed by atoms with van der Waals surface area (Å²) in [6.45, 7) is 5.49. The third kappa shape index (κ3) is 8.18. The maximum atomic E-state index is 13.1. The van der Waals surface area contributed by atoms with Crippen LogP contribution in [0.25, 0.3) is 0 Å². The van der Waals surface area contributed by atoms with E-state index in [4.69, 9.17) is 37.4 Å². The fraction of sp³-hybridized carbons (Fsp3) is 0.423. The minimum absolute atomic E-state index is 0.196. The molecule has 0 aliphatic carbocycles. The van der Waals surface area contributed by atoms with Crippen LogP contribution in [0.5, 0.6) is 5.75 Å². The van der Waals surface area contributed by atoms with Crippen molar-refractivity contribution in [1.29, 1.82) is 0 Å². The Balaban J connectivity index is 1.63. The number of halogens is 2. The van der Waals surface area contributed by atoms with E-state index in [-0.39, 0.29) is 13.0 Å². The van der Waals surface area contributed by atoms with Gasteiger partial charge in [0.25, 0.3) is 0 Å². The molecule has 1 aliphatic heterocycles. The summed E-state index contributed by atoms with van der Waals surface area (Å²) >= 11 is 13.8. The molecular weight excluding hydrogens is 539 g/mol. The van der Waals surface area contributed by atoms with E-state index in [9.17, 15) is 14.4 Å². The van der Waals surface area contributed by atoms with E-state index in [1.165, 1.54) is 23.8 Å². The predicted octanol–water partition coefficient (Wildman–Crippen LogP) is 5.08. The van der Waals surface area contributed by atoms with Crippen LogP contribution in [-0.4, -0.2) is 59.3 Å². The first kappa shape index (κ1) is 28.9. The van der Waals surface area contributed by atoms with Crippen molar-refractivity contribution in [2.75, 3.05) is 18.7 Å². The number of hydrogen-bond acceptors (Lipinski definition) is 7. The highest BCUT2D eigenvalue weighted by Crippen LogP contribution is 2.27. The third-order valence-corrected chi connectivity index (χ3v) is 7.14. The Morgan fingerprint density at radius 2 is 1.76 bits per heavy atom. The van der Waals surface area contributed by atoms with Crippen LogP contribution < -0.4 is 10.1 Å². The topological polar surface area (TPSA) is 94.2 Å². The van der Waals surface area contributed by atoms with Gasteiger partial charge in [-0.3, -0.25) is 9.69 Å². The smallest absolute Gasteiger partial charge is 0.411 e. The van der Waals surface area contributed by atoms with Crippen LogP contribution in [0.4, 0.5) is 4.79 Å². The number of nitrogens with zero attached hydrogens (tertiary/aromatic N) is 1. The molecule has 8 nitrogen and oxygen atoms in total. The minimum Gasteiger partial charge on any atom is -0.489 e. The largest absolute Gasteiger partial charge is 0.489 e. The SMILES string of the molecule is COC(=O)C(Cc1ccc(OCc2c(Cl)cccc2Cl)cc1)NC(=O)[C@@H]1CSCN1C(=O)OC(C)(C)C. The molecule has 0 radical (unpaired) electrons. The number of nitrogens with one attached hydrogen (secondary N) is 1. The molecule has 2 aromatic rings. The van der Waals surface area contributed by atoms with Gasteiger partial charge in [-0.15, -0.1) is 11.8 Å². The van der Waals surface area contributed by atoms with Gasteiger partial charge in [0.2, 0.25) is 5.91 Å². The van der Waals surface area contributed by atoms with Gasteiger partial charge in [0.05, 0.1) is 13.0 Å². The second kappa shape index (κ2) is 12.8. The van der Waals surface area contributed by atoms with E-state index in [0.717, 1.165) is 5.56 Å². The molecule has 1 fully saturated rings. The highest BCUT2D eigenvalue weighted by molar-refractivity contribution is 7.99. The summed E-state index contributed by atoms with van der Waals surface area (Å²) < 4.78 is 16.1. The first-order valence-corrected chi connectivity index (χ1v) is 13.5. The van der Waals surface area contributed by atoms with Crippen LogP contribution in [0.1, 0.15) is 31.9 Å². The second-order valence-electron chi connectivity index (χ2n) is 9.39. The summed E-state index contributed by atoms with van der Waals surface area (Å²) in [7, 11) is 1.26. The summed E-state index contributed by atoms with van der Waals surface area (Å²) in [4.78, 5) is 39.4. The van der Waals surface area contributed by atoms with Gasteiger partial charge in [0, 0.05) is 27.8 Å². The normalized spacial score (nSPS) is 16.2. The van der Waals surface area contributed by atoms with Crippen molar-refractivity contribution in [1.82, 2.24) is 10.2 Å². The lowest BCUT2D eigenvalue weighted by atomic mass is 10.1. The monoisotopic (exact) mass is 568 g/mol. The van der Waals surface area contributed by atoms with Crippen LogP contribution >= 0.6 is 35.0 Å². The molecule has 1 unspecified atom stereocenters. The fourth-order valence-electron chi connectivity index (χ4n) is 3.55. The van der Waals surface area contributed by atoms with Crippen molar-refractivity contribution in [3.05, 3.63) is 63.6 Å². The van der Waals surface area contributed by atoms with E-state index in [1.807, 2.05) is 0 Å². The summed E-state index contributed by atoms with van der Waals surface area (Å²) in [6, 6.07) is 10.7. The summed E-state index contributed by atoms with van der Waals surface area (Å²) in [5.41, 5.74) is 0.785. The zero-order valence-corrected chi connectivity index (χ0v) is 23.4. The molecule has 200 valence electrons. The molecule has 37 heavy (non-hydrogen) atoms. The standard InChI is InChI=1S/C26H30Cl2N2O6S/c1-26(2,3)36-25(33)30-15-37-14-22(30)23(31)29-21(24(32)34-4)12-16-8-10-17(11-9-16)35-13-18-19(27)6-5-7-20(18)28/h5-11,21-22H,12-15H2,1-4H3,(H,29,31)/t21?,22-/m0/s1. The van der Waals surface area contributed by atoms with Gasteiger partial charge in [0.1, 0.15) is 30.0 Å². The molecule has 1 heterocycles. The first-order chi connectivity index (χ1) is 17.5. The van der Waals surface area contributed by atoms with E-state index in [0.29, 0.717) is 33.0 Å². The van der Waals surface area contributed by atoms with Crippen LogP contribution in [0.15, 0.2) is 42.5 Å². The molecule has 2 aromatic carbocycles. The van der Waals surface area contributed by atoms with Gasteiger partial charge in [-0.05, 0) is 50.6 Å². The van der Waals surface area contributed by atoms with Crippen molar-refractivity contribution in [3.63, 3.8) is 0 Å². The number of amides is 2. The maximum Gasteiger partial charge on any atom is 0.411 e. The summed E-state index contributed by atoms with van der Waals surface area (Å²) in [5.74, 6) is 0.297. The second-order valence-corrected chi connectivity index (χ2v) is 11.2. The molecule has 0 bridgehead atoms. The number of thioether (sulfide) groups is 1. The van der Waals surface area contributed by atoms with Crippen molar-refractivity contribution in [2.45, 2.75) is 51.5 Å². The third-order valence-electron chi connectivity index (χ3n) is 5.42. The van der Waals surface area contributed by atoms with Crippen molar-refractivity contribution >= 4 is 52.9 Å². The van der Waals surface area contributed by atoms with E-state index in [1.54, 1.807) is 63.2 Å². The average molecular weight is 570 g/mol. The molecule has 0 aromatic heterocycles. The van der Waals surface area contributed by atoms with Crippen LogP contribution in [-0.2, 0) is 32.1 Å². The Labute approximate surface area is 230 Å². The Kier molecular flexibility index (Phi) is 9.98. The molecule has 11 heteroatoms. The van der Waals surface area contributed by atoms with Gasteiger partial charge < -0.3 is 19.5 Å². The van der Waals surface area contributed by atoms with Crippen molar-refractivity contribution in [3.8, 4) is 5.75 Å². The summed E-state index contributed by atoms with van der Waals surface area (Å²) in [5, 5.41) is 3.78. The number of esters is 1. The van der Waals surface area contributed by atoms with Crippen LogP contribution in [0.2, 0.25) is 10.0 Å². The molecule has 1 N–H and O–H groups in total. The highest BCUT2D eigenvalue weighted by atomic mass is 35.5. The van der Waals surface area contributed by atoms with Crippen molar-refractivity contribution in [2.24, 2.45) is 0 Å². The molecule has 2 amide bonds. The molecule has 1 saturated heterocycles.